The molecule has 0 saturated carbocycles. The van der Waals surface area contributed by atoms with Gasteiger partial charge >= 0.3 is 5.97 Å². The zero-order valence-electron chi connectivity index (χ0n) is 16.0. The minimum absolute atomic E-state index is 0.125. The summed E-state index contributed by atoms with van der Waals surface area (Å²) in [7, 11) is 0. The van der Waals surface area contributed by atoms with Gasteiger partial charge in [-0.05, 0) is 26.3 Å². The molecule has 2 aliphatic rings. The molecule has 1 aromatic carbocycles. The van der Waals surface area contributed by atoms with Crippen LogP contribution in [-0.4, -0.2) is 58.4 Å². The van der Waals surface area contributed by atoms with Gasteiger partial charge in [-0.1, -0.05) is 36.4 Å². The number of aliphatic carboxylic acids is 1. The van der Waals surface area contributed by atoms with Gasteiger partial charge in [-0.25, -0.2) is 4.79 Å². The second-order valence-electron chi connectivity index (χ2n) is 7.25. The zero-order chi connectivity index (χ0) is 20.5. The molecule has 3 rings (SSSR count). The van der Waals surface area contributed by atoms with Crippen molar-refractivity contribution in [2.45, 2.75) is 51.2 Å². The van der Waals surface area contributed by atoms with Crippen LogP contribution in [0.5, 0.6) is 0 Å². The lowest BCUT2D eigenvalue weighted by molar-refractivity contribution is -0.172. The molecule has 0 aromatic heterocycles. The van der Waals surface area contributed by atoms with E-state index in [-0.39, 0.29) is 24.6 Å². The highest BCUT2D eigenvalue weighted by Crippen LogP contribution is 2.35. The lowest BCUT2D eigenvalue weighted by Gasteiger charge is -2.49. The van der Waals surface area contributed by atoms with E-state index in [0.29, 0.717) is 0 Å². The zero-order valence-corrected chi connectivity index (χ0v) is 16.0. The van der Waals surface area contributed by atoms with Crippen LogP contribution in [0.2, 0.25) is 0 Å². The number of rotatable bonds is 6. The number of carboxylic acids is 1. The molecular formula is C20H24N2O6. The van der Waals surface area contributed by atoms with Crippen LogP contribution in [0.25, 0.3) is 0 Å². The summed E-state index contributed by atoms with van der Waals surface area (Å²) in [5.41, 5.74) is 0.679. The first-order chi connectivity index (χ1) is 13.2. The number of carbonyl (C=O) groups is 3. The lowest BCUT2D eigenvalue weighted by Crippen LogP contribution is -2.74. The fraction of sp³-hybridized carbons (Fsp3) is 0.450. The Morgan fingerprint density at radius 2 is 2.00 bits per heavy atom. The van der Waals surface area contributed by atoms with E-state index in [2.05, 4.69) is 5.32 Å². The predicted molar refractivity (Wildman–Crippen MR) is 99.0 cm³/mol. The molecule has 2 amide bonds. The molecule has 8 heteroatoms. The van der Waals surface area contributed by atoms with E-state index in [1.165, 1.54) is 11.0 Å². The number of nitrogens with one attached hydrogen (secondary N) is 1. The molecule has 150 valence electrons. The van der Waals surface area contributed by atoms with Crippen LogP contribution < -0.4 is 5.32 Å². The van der Waals surface area contributed by atoms with Crippen molar-refractivity contribution < 1.29 is 29.0 Å². The maximum atomic E-state index is 12.7. The van der Waals surface area contributed by atoms with Gasteiger partial charge in [-0.15, -0.1) is 0 Å². The predicted octanol–water partition coefficient (Wildman–Crippen LogP) is 1.06. The first-order valence-electron chi connectivity index (χ1n) is 9.11. The topological polar surface area (TPSA) is 105 Å². The molecule has 2 aliphatic heterocycles. The summed E-state index contributed by atoms with van der Waals surface area (Å²) >= 11 is 0. The number of benzene rings is 1. The first-order valence-corrected chi connectivity index (χ1v) is 9.11. The number of carbonyl (C=O) groups excluding carboxylic acids is 2. The Bertz CT molecular complexity index is 804. The molecular weight excluding hydrogens is 364 g/mol. The van der Waals surface area contributed by atoms with Crippen molar-refractivity contribution in [3.63, 3.8) is 0 Å². The van der Waals surface area contributed by atoms with Gasteiger partial charge in [-0.2, -0.15) is 0 Å². The number of carboxylic acid groups (broad SMARTS) is 1. The summed E-state index contributed by atoms with van der Waals surface area (Å²) < 4.78 is 11.4. The van der Waals surface area contributed by atoms with Gasteiger partial charge in [-0.3, -0.25) is 14.5 Å². The summed E-state index contributed by atoms with van der Waals surface area (Å²) in [6.45, 7) is 5.23. The fourth-order valence-corrected chi connectivity index (χ4v) is 3.57. The van der Waals surface area contributed by atoms with Gasteiger partial charge in [0.1, 0.15) is 17.8 Å². The average Bonchev–Trinajstić information content (AvgIpc) is 2.99. The Morgan fingerprint density at radius 1 is 1.32 bits per heavy atom. The van der Waals surface area contributed by atoms with Gasteiger partial charge in [0.15, 0.2) is 5.79 Å². The number of allylic oxidation sites excluding steroid dienone is 1. The highest BCUT2D eigenvalue weighted by Gasteiger charge is 2.57. The summed E-state index contributed by atoms with van der Waals surface area (Å²) in [5.74, 6) is -2.85. The third-order valence-electron chi connectivity index (χ3n) is 4.83. The second-order valence-corrected chi connectivity index (χ2v) is 7.25. The smallest absolute Gasteiger partial charge is 0.352 e. The SMILES string of the molecule is C/C=C(\C(=O)O)N1C(=O)[C@@H](NC(=O)Cc2ccccc2)[C@H]1[C@@H]1COC(C)(C)O1. The third-order valence-corrected chi connectivity index (χ3v) is 4.83. The summed E-state index contributed by atoms with van der Waals surface area (Å²) in [5, 5.41) is 12.2. The highest BCUT2D eigenvalue weighted by atomic mass is 16.7. The van der Waals surface area contributed by atoms with Crippen molar-refractivity contribution >= 4 is 17.8 Å². The lowest BCUT2D eigenvalue weighted by atomic mass is 9.88. The molecule has 2 fully saturated rings. The Balaban J connectivity index is 1.78. The molecule has 0 unspecified atom stereocenters. The fourth-order valence-electron chi connectivity index (χ4n) is 3.57. The molecule has 2 saturated heterocycles. The number of nitrogens with zero attached hydrogens (tertiary/aromatic N) is 1. The molecule has 0 aliphatic carbocycles. The van der Waals surface area contributed by atoms with Crippen LogP contribution in [-0.2, 0) is 30.3 Å². The van der Waals surface area contributed by atoms with Crippen molar-refractivity contribution in [3.8, 4) is 0 Å². The van der Waals surface area contributed by atoms with Crippen molar-refractivity contribution in [1.82, 2.24) is 10.2 Å². The highest BCUT2D eigenvalue weighted by molar-refractivity contribution is 6.01. The number of hydrogen-bond acceptors (Lipinski definition) is 5. The largest absolute Gasteiger partial charge is 0.477 e. The molecule has 2 N–H and O–H groups in total. The second kappa shape index (κ2) is 7.73. The van der Waals surface area contributed by atoms with E-state index in [1.807, 2.05) is 30.3 Å². The van der Waals surface area contributed by atoms with Gasteiger partial charge in [0, 0.05) is 0 Å². The van der Waals surface area contributed by atoms with Crippen LogP contribution >= 0.6 is 0 Å². The van der Waals surface area contributed by atoms with Gasteiger partial charge in [0.2, 0.25) is 5.91 Å². The first kappa shape index (κ1) is 20.0. The average molecular weight is 388 g/mol. The minimum Gasteiger partial charge on any atom is -0.477 e. The van der Waals surface area contributed by atoms with E-state index in [4.69, 9.17) is 9.47 Å². The van der Waals surface area contributed by atoms with Crippen LogP contribution in [0.1, 0.15) is 26.3 Å². The van der Waals surface area contributed by atoms with Crippen LogP contribution in [0.4, 0.5) is 0 Å². The van der Waals surface area contributed by atoms with Gasteiger partial charge < -0.3 is 19.9 Å². The number of β-lactam (4-membered cyclic amide) rings is 1. The normalized spacial score (nSPS) is 26.7. The molecule has 8 nitrogen and oxygen atoms in total. The minimum atomic E-state index is -1.21. The van der Waals surface area contributed by atoms with Gasteiger partial charge in [0.05, 0.1) is 19.1 Å². The number of amides is 2. The maximum Gasteiger partial charge on any atom is 0.352 e. The standard InChI is InChI=1S/C20H24N2O6/c1-4-13(19(25)26)22-17(14-11-27-20(2,3)28-14)16(18(22)24)21-15(23)10-12-8-6-5-7-9-12/h4-9,14,16-17H,10-11H2,1-3H3,(H,21,23)(H,25,26)/b13-4+/t14-,16-,17+/m0/s1. The monoisotopic (exact) mass is 388 g/mol. The maximum absolute atomic E-state index is 12.7. The van der Waals surface area contributed by atoms with Crippen LogP contribution in [0.15, 0.2) is 42.1 Å². The van der Waals surface area contributed by atoms with Crippen molar-refractivity contribution in [3.05, 3.63) is 47.7 Å². The molecule has 0 bridgehead atoms. The van der Waals surface area contributed by atoms with E-state index < -0.39 is 35.9 Å². The van der Waals surface area contributed by atoms with E-state index in [1.54, 1.807) is 20.8 Å². The summed E-state index contributed by atoms with van der Waals surface area (Å²) in [4.78, 5) is 37.9. The summed E-state index contributed by atoms with van der Waals surface area (Å²) in [6.07, 6.45) is 0.931. The van der Waals surface area contributed by atoms with E-state index in [0.717, 1.165) is 5.56 Å². The Morgan fingerprint density at radius 3 is 2.54 bits per heavy atom. The van der Waals surface area contributed by atoms with Crippen molar-refractivity contribution in [1.29, 1.82) is 0 Å². The van der Waals surface area contributed by atoms with Gasteiger partial charge in [0.25, 0.3) is 5.91 Å². The number of likely N-dealkylation sites (tertiary alicyclic amines) is 1. The van der Waals surface area contributed by atoms with E-state index >= 15 is 0 Å². The van der Waals surface area contributed by atoms with E-state index in [9.17, 15) is 19.5 Å². The Kier molecular flexibility index (Phi) is 5.53. The number of hydrogen-bond donors (Lipinski definition) is 2. The number of ether oxygens (including phenoxy) is 2. The molecule has 3 atom stereocenters. The van der Waals surface area contributed by atoms with Crippen LogP contribution in [0, 0.1) is 0 Å². The molecule has 0 radical (unpaired) electrons. The third kappa shape index (κ3) is 3.93. The molecule has 1 aromatic rings. The van der Waals surface area contributed by atoms with Crippen molar-refractivity contribution in [2.75, 3.05) is 6.61 Å². The van der Waals surface area contributed by atoms with Crippen LogP contribution in [0.3, 0.4) is 0 Å². The Labute approximate surface area is 163 Å². The van der Waals surface area contributed by atoms with Crippen molar-refractivity contribution in [2.24, 2.45) is 0 Å². The molecule has 0 spiro atoms. The summed E-state index contributed by atoms with van der Waals surface area (Å²) in [6, 6.07) is 7.64. The Hall–Kier alpha value is -2.71. The molecule has 28 heavy (non-hydrogen) atoms. The quantitative estimate of drug-likeness (QED) is 0.558. The molecule has 2 heterocycles.